The van der Waals surface area contributed by atoms with Gasteiger partial charge < -0.3 is 5.11 Å². The maximum atomic E-state index is 11.1. The maximum Gasteiger partial charge on any atom is 0.335 e. The lowest BCUT2D eigenvalue weighted by atomic mass is 10.2. The molecule has 0 fully saturated rings. The molecule has 0 saturated carbocycles. The second kappa shape index (κ2) is 4.76. The molecule has 0 bridgehead atoms. The summed E-state index contributed by atoms with van der Waals surface area (Å²) in [4.78, 5) is 18.9. The number of carboxylic acid groups (broad SMARTS) is 1. The summed E-state index contributed by atoms with van der Waals surface area (Å²) in [6.07, 6.45) is 0. The van der Waals surface area contributed by atoms with E-state index in [0.717, 1.165) is 22.5 Å². The van der Waals surface area contributed by atoms with Crippen LogP contribution < -0.4 is 0 Å². The maximum absolute atomic E-state index is 11.1. The van der Waals surface area contributed by atoms with Crippen LogP contribution in [0.5, 0.6) is 0 Å². The van der Waals surface area contributed by atoms with Crippen molar-refractivity contribution in [1.82, 2.24) is 9.55 Å². The van der Waals surface area contributed by atoms with Crippen molar-refractivity contribution in [2.45, 2.75) is 6.92 Å². The van der Waals surface area contributed by atoms with Crippen LogP contribution in [0.15, 0.2) is 42.5 Å². The molecule has 0 radical (unpaired) electrons. The summed E-state index contributed by atoms with van der Waals surface area (Å²) in [5.41, 5.74) is 3.08. The van der Waals surface area contributed by atoms with E-state index in [1.165, 1.54) is 0 Å². The Labute approximate surface area is 120 Å². The first-order valence-electron chi connectivity index (χ1n) is 6.30. The summed E-state index contributed by atoms with van der Waals surface area (Å²) in [6.45, 7) is 8.90. The van der Waals surface area contributed by atoms with Gasteiger partial charge in [0.05, 0.1) is 23.2 Å². The molecule has 3 aromatic rings. The number of imidazole rings is 1. The first-order chi connectivity index (χ1) is 10.1. The Morgan fingerprint density at radius 3 is 2.81 bits per heavy atom. The predicted octanol–water partition coefficient (Wildman–Crippen LogP) is 3.58. The molecule has 0 spiro atoms. The van der Waals surface area contributed by atoms with Crippen molar-refractivity contribution < 1.29 is 9.90 Å². The fourth-order valence-electron chi connectivity index (χ4n) is 2.36. The fourth-order valence-corrected chi connectivity index (χ4v) is 2.36. The third kappa shape index (κ3) is 2.13. The van der Waals surface area contributed by atoms with E-state index < -0.39 is 5.97 Å². The van der Waals surface area contributed by atoms with E-state index in [4.69, 9.17) is 11.7 Å². The standard InChI is InChI=1S/C16H11N3O2/c1-10-18-14-9-12(17-2)6-7-15(14)19(10)13-5-3-4-11(8-13)16(20)21/h3-9H,1H3,(H,20,21). The van der Waals surface area contributed by atoms with Crippen LogP contribution >= 0.6 is 0 Å². The Bertz CT molecular complexity index is 904. The molecule has 1 aromatic heterocycles. The number of aromatic carboxylic acids is 1. The molecule has 0 unspecified atom stereocenters. The van der Waals surface area contributed by atoms with Gasteiger partial charge in [-0.25, -0.2) is 14.6 Å². The molecule has 2 aromatic carbocycles. The molecule has 5 nitrogen and oxygen atoms in total. The Balaban J connectivity index is 2.25. The second-order valence-electron chi connectivity index (χ2n) is 4.63. The van der Waals surface area contributed by atoms with Crippen molar-refractivity contribution in [2.24, 2.45) is 0 Å². The minimum absolute atomic E-state index is 0.228. The minimum atomic E-state index is -0.964. The number of fused-ring (bicyclic) bond motifs is 1. The molecule has 0 amide bonds. The van der Waals surface area contributed by atoms with E-state index in [1.54, 1.807) is 30.3 Å². The summed E-state index contributed by atoms with van der Waals surface area (Å²) >= 11 is 0. The largest absolute Gasteiger partial charge is 0.478 e. The molecule has 3 rings (SSSR count). The van der Waals surface area contributed by atoms with Crippen LogP contribution in [0.1, 0.15) is 16.2 Å². The predicted molar refractivity (Wildman–Crippen MR) is 79.0 cm³/mol. The number of hydrogen-bond acceptors (Lipinski definition) is 2. The average molecular weight is 277 g/mol. The third-order valence-electron chi connectivity index (χ3n) is 3.29. The van der Waals surface area contributed by atoms with Crippen LogP contribution in [0, 0.1) is 13.5 Å². The zero-order valence-corrected chi connectivity index (χ0v) is 11.2. The second-order valence-corrected chi connectivity index (χ2v) is 4.63. The first-order valence-corrected chi connectivity index (χ1v) is 6.30. The van der Waals surface area contributed by atoms with E-state index in [1.807, 2.05) is 23.6 Å². The molecule has 21 heavy (non-hydrogen) atoms. The van der Waals surface area contributed by atoms with Crippen LogP contribution in [-0.4, -0.2) is 20.6 Å². The summed E-state index contributed by atoms with van der Waals surface area (Å²) in [5.74, 6) is -0.219. The first kappa shape index (κ1) is 12.9. The molecule has 0 aliphatic heterocycles. The molecule has 102 valence electrons. The van der Waals surface area contributed by atoms with E-state index in [2.05, 4.69) is 9.83 Å². The van der Waals surface area contributed by atoms with Crippen molar-refractivity contribution in [3.8, 4) is 5.69 Å². The van der Waals surface area contributed by atoms with Gasteiger partial charge in [0.1, 0.15) is 5.82 Å². The average Bonchev–Trinajstić information content (AvgIpc) is 2.82. The molecular formula is C16H11N3O2. The highest BCUT2D eigenvalue weighted by Gasteiger charge is 2.11. The van der Waals surface area contributed by atoms with E-state index in [-0.39, 0.29) is 5.56 Å². The number of benzene rings is 2. The molecule has 0 atom stereocenters. The van der Waals surface area contributed by atoms with Gasteiger partial charge in [-0.05, 0) is 37.3 Å². The highest BCUT2D eigenvalue weighted by atomic mass is 16.4. The number of rotatable bonds is 2. The highest BCUT2D eigenvalue weighted by molar-refractivity contribution is 5.89. The number of carboxylic acids is 1. The Morgan fingerprint density at radius 1 is 1.29 bits per heavy atom. The summed E-state index contributed by atoms with van der Waals surface area (Å²) in [7, 11) is 0. The fraction of sp³-hybridized carbons (Fsp3) is 0.0625. The van der Waals surface area contributed by atoms with Gasteiger partial charge in [0, 0.05) is 5.69 Å². The SMILES string of the molecule is [C-]#[N+]c1ccc2c(c1)nc(C)n2-c1cccc(C(=O)O)c1. The summed E-state index contributed by atoms with van der Waals surface area (Å²) in [6, 6.07) is 12.0. The quantitative estimate of drug-likeness (QED) is 0.728. The topological polar surface area (TPSA) is 59.5 Å². The van der Waals surface area contributed by atoms with Crippen LogP contribution in [0.25, 0.3) is 21.6 Å². The van der Waals surface area contributed by atoms with Gasteiger partial charge >= 0.3 is 5.97 Å². The zero-order valence-electron chi connectivity index (χ0n) is 11.2. The number of aryl methyl sites for hydroxylation is 1. The van der Waals surface area contributed by atoms with Gasteiger partial charge in [-0.1, -0.05) is 12.1 Å². The van der Waals surface area contributed by atoms with Gasteiger partial charge in [0.15, 0.2) is 5.69 Å². The molecule has 5 heteroatoms. The summed E-state index contributed by atoms with van der Waals surface area (Å²) < 4.78 is 1.88. The van der Waals surface area contributed by atoms with Crippen molar-refractivity contribution in [2.75, 3.05) is 0 Å². The number of aromatic nitrogens is 2. The van der Waals surface area contributed by atoms with Gasteiger partial charge in [0.25, 0.3) is 0 Å². The highest BCUT2D eigenvalue weighted by Crippen LogP contribution is 2.25. The van der Waals surface area contributed by atoms with Crippen LogP contribution in [-0.2, 0) is 0 Å². The molecule has 0 aliphatic rings. The molecule has 0 aliphatic carbocycles. The molecule has 0 saturated heterocycles. The van der Waals surface area contributed by atoms with Crippen molar-refractivity contribution in [3.63, 3.8) is 0 Å². The lowest BCUT2D eigenvalue weighted by molar-refractivity contribution is 0.0697. The lowest BCUT2D eigenvalue weighted by Crippen LogP contribution is -2.01. The van der Waals surface area contributed by atoms with Crippen molar-refractivity contribution in [3.05, 3.63) is 65.3 Å². The molecule has 1 heterocycles. The van der Waals surface area contributed by atoms with E-state index in [9.17, 15) is 4.79 Å². The van der Waals surface area contributed by atoms with Crippen LogP contribution in [0.4, 0.5) is 5.69 Å². The lowest BCUT2D eigenvalue weighted by Gasteiger charge is -2.07. The number of hydrogen-bond donors (Lipinski definition) is 1. The minimum Gasteiger partial charge on any atom is -0.478 e. The smallest absolute Gasteiger partial charge is 0.335 e. The van der Waals surface area contributed by atoms with Gasteiger partial charge in [-0.3, -0.25) is 4.57 Å². The van der Waals surface area contributed by atoms with Crippen molar-refractivity contribution >= 4 is 22.7 Å². The monoisotopic (exact) mass is 277 g/mol. The van der Waals surface area contributed by atoms with Gasteiger partial charge in [-0.2, -0.15) is 0 Å². The number of carbonyl (C=O) groups is 1. The Hall–Kier alpha value is -3.13. The molecular weight excluding hydrogens is 266 g/mol. The Kier molecular flexibility index (Phi) is 2.92. The van der Waals surface area contributed by atoms with E-state index >= 15 is 0 Å². The van der Waals surface area contributed by atoms with Crippen molar-refractivity contribution in [1.29, 1.82) is 0 Å². The van der Waals surface area contributed by atoms with Gasteiger partial charge in [-0.15, -0.1) is 0 Å². The van der Waals surface area contributed by atoms with E-state index in [0.29, 0.717) is 5.69 Å². The number of nitrogens with zero attached hydrogens (tertiary/aromatic N) is 3. The van der Waals surface area contributed by atoms with Crippen LogP contribution in [0.3, 0.4) is 0 Å². The van der Waals surface area contributed by atoms with Crippen LogP contribution in [0.2, 0.25) is 0 Å². The normalized spacial score (nSPS) is 10.5. The summed E-state index contributed by atoms with van der Waals surface area (Å²) in [5, 5.41) is 9.10. The zero-order chi connectivity index (χ0) is 15.0. The molecule has 1 N–H and O–H groups in total. The Morgan fingerprint density at radius 2 is 2.10 bits per heavy atom. The third-order valence-corrected chi connectivity index (χ3v) is 3.29. The van der Waals surface area contributed by atoms with Gasteiger partial charge in [0.2, 0.25) is 0 Å².